The standard InChI is InChI=1S/C13H24O5/c1-4-9(2)5-10(14)7-18-13(3)6-11(15)12(16)17-8-13/h9-11,14-15H,4-8H2,1-3H3. The summed E-state index contributed by atoms with van der Waals surface area (Å²) in [7, 11) is 0. The fourth-order valence-corrected chi connectivity index (χ4v) is 1.97. The van der Waals surface area contributed by atoms with Gasteiger partial charge in [-0.3, -0.25) is 0 Å². The van der Waals surface area contributed by atoms with E-state index in [1.54, 1.807) is 6.92 Å². The summed E-state index contributed by atoms with van der Waals surface area (Å²) in [6.07, 6.45) is 0.267. The van der Waals surface area contributed by atoms with Gasteiger partial charge in [-0.05, 0) is 19.3 Å². The van der Waals surface area contributed by atoms with Gasteiger partial charge >= 0.3 is 5.97 Å². The maximum atomic E-state index is 11.0. The lowest BCUT2D eigenvalue weighted by Crippen LogP contribution is -2.48. The Morgan fingerprint density at radius 3 is 2.83 bits per heavy atom. The first-order valence-electron chi connectivity index (χ1n) is 6.53. The van der Waals surface area contributed by atoms with Crippen molar-refractivity contribution in [3.05, 3.63) is 0 Å². The van der Waals surface area contributed by atoms with E-state index in [1.807, 2.05) is 0 Å². The van der Waals surface area contributed by atoms with Crippen LogP contribution in [0, 0.1) is 5.92 Å². The SMILES string of the molecule is CCC(C)CC(O)COC1(C)COC(=O)C(O)C1. The highest BCUT2D eigenvalue weighted by Gasteiger charge is 2.38. The second-order valence-electron chi connectivity index (χ2n) is 5.49. The Morgan fingerprint density at radius 2 is 2.28 bits per heavy atom. The molecule has 4 unspecified atom stereocenters. The Labute approximate surface area is 108 Å². The van der Waals surface area contributed by atoms with Crippen molar-refractivity contribution in [1.82, 2.24) is 0 Å². The van der Waals surface area contributed by atoms with Gasteiger partial charge in [0.15, 0.2) is 6.10 Å². The molecule has 2 N–H and O–H groups in total. The molecule has 0 saturated carbocycles. The van der Waals surface area contributed by atoms with Gasteiger partial charge in [0.25, 0.3) is 0 Å². The van der Waals surface area contributed by atoms with E-state index in [9.17, 15) is 15.0 Å². The lowest BCUT2D eigenvalue weighted by Gasteiger charge is -2.35. The zero-order valence-corrected chi connectivity index (χ0v) is 11.4. The number of cyclic esters (lactones) is 1. The van der Waals surface area contributed by atoms with Crippen LogP contribution < -0.4 is 0 Å². The summed E-state index contributed by atoms with van der Waals surface area (Å²) in [5.41, 5.74) is -0.705. The van der Waals surface area contributed by atoms with E-state index < -0.39 is 23.8 Å². The van der Waals surface area contributed by atoms with Crippen molar-refractivity contribution in [2.45, 2.75) is 57.8 Å². The second-order valence-corrected chi connectivity index (χ2v) is 5.49. The van der Waals surface area contributed by atoms with E-state index >= 15 is 0 Å². The van der Waals surface area contributed by atoms with Gasteiger partial charge in [-0.15, -0.1) is 0 Å². The highest BCUT2D eigenvalue weighted by atomic mass is 16.6. The smallest absolute Gasteiger partial charge is 0.335 e. The van der Waals surface area contributed by atoms with Crippen LogP contribution in [0.25, 0.3) is 0 Å². The van der Waals surface area contributed by atoms with E-state index in [-0.39, 0.29) is 19.6 Å². The number of aliphatic hydroxyl groups is 2. The molecular formula is C13H24O5. The van der Waals surface area contributed by atoms with Crippen LogP contribution in [0.1, 0.15) is 40.0 Å². The number of rotatable bonds is 6. The molecule has 1 saturated heterocycles. The summed E-state index contributed by atoms with van der Waals surface area (Å²) in [5.74, 6) is -0.151. The van der Waals surface area contributed by atoms with Gasteiger partial charge in [0.2, 0.25) is 0 Å². The lowest BCUT2D eigenvalue weighted by molar-refractivity contribution is -0.189. The van der Waals surface area contributed by atoms with Gasteiger partial charge in [0.1, 0.15) is 12.2 Å². The van der Waals surface area contributed by atoms with Gasteiger partial charge in [-0.1, -0.05) is 20.3 Å². The Balaban J connectivity index is 2.35. The molecule has 0 aliphatic carbocycles. The number of ether oxygens (including phenoxy) is 2. The third kappa shape index (κ3) is 4.55. The number of carbonyl (C=O) groups is 1. The van der Waals surface area contributed by atoms with E-state index in [1.165, 1.54) is 0 Å². The highest BCUT2D eigenvalue weighted by Crippen LogP contribution is 2.24. The molecule has 5 heteroatoms. The topological polar surface area (TPSA) is 76.0 Å². The number of aliphatic hydroxyl groups excluding tert-OH is 2. The Bertz CT molecular complexity index is 281. The average Bonchev–Trinajstić information content (AvgIpc) is 2.32. The molecule has 1 rings (SSSR count). The number of hydrogen-bond donors (Lipinski definition) is 2. The molecule has 4 atom stereocenters. The van der Waals surface area contributed by atoms with Gasteiger partial charge in [-0.2, -0.15) is 0 Å². The van der Waals surface area contributed by atoms with Crippen molar-refractivity contribution >= 4 is 5.97 Å². The molecule has 0 amide bonds. The van der Waals surface area contributed by atoms with Crippen molar-refractivity contribution in [3.63, 3.8) is 0 Å². The van der Waals surface area contributed by atoms with E-state index in [0.717, 1.165) is 6.42 Å². The van der Waals surface area contributed by atoms with Crippen molar-refractivity contribution in [1.29, 1.82) is 0 Å². The molecule has 18 heavy (non-hydrogen) atoms. The maximum Gasteiger partial charge on any atom is 0.335 e. The molecule has 106 valence electrons. The van der Waals surface area contributed by atoms with Crippen LogP contribution in [0.15, 0.2) is 0 Å². The first-order chi connectivity index (χ1) is 8.36. The zero-order valence-electron chi connectivity index (χ0n) is 11.4. The van der Waals surface area contributed by atoms with Crippen LogP contribution >= 0.6 is 0 Å². The molecule has 0 radical (unpaired) electrons. The van der Waals surface area contributed by atoms with Crippen LogP contribution in [0.2, 0.25) is 0 Å². The predicted octanol–water partition coefficient (Wildman–Crippen LogP) is 0.867. The molecule has 0 aromatic heterocycles. The van der Waals surface area contributed by atoms with Gasteiger partial charge in [0.05, 0.1) is 12.7 Å². The predicted molar refractivity (Wildman–Crippen MR) is 66.0 cm³/mol. The molecule has 0 spiro atoms. The van der Waals surface area contributed by atoms with Crippen molar-refractivity contribution < 1.29 is 24.5 Å². The van der Waals surface area contributed by atoms with Crippen LogP contribution in [-0.4, -0.2) is 47.2 Å². The molecule has 0 aromatic rings. The second kappa shape index (κ2) is 6.50. The fraction of sp³-hybridized carbons (Fsp3) is 0.923. The number of esters is 1. The van der Waals surface area contributed by atoms with Crippen molar-refractivity contribution in [2.24, 2.45) is 5.92 Å². The first kappa shape index (κ1) is 15.4. The maximum absolute atomic E-state index is 11.0. The minimum Gasteiger partial charge on any atom is -0.461 e. The molecular weight excluding hydrogens is 236 g/mol. The summed E-state index contributed by atoms with van der Waals surface area (Å²) in [6, 6.07) is 0. The summed E-state index contributed by atoms with van der Waals surface area (Å²) in [6.45, 7) is 6.26. The zero-order chi connectivity index (χ0) is 13.8. The first-order valence-corrected chi connectivity index (χ1v) is 6.53. The van der Waals surface area contributed by atoms with Crippen molar-refractivity contribution in [3.8, 4) is 0 Å². The highest BCUT2D eigenvalue weighted by molar-refractivity contribution is 5.75. The normalized spacial score (nSPS) is 31.8. The largest absolute Gasteiger partial charge is 0.461 e. The lowest BCUT2D eigenvalue weighted by atomic mass is 9.96. The van der Waals surface area contributed by atoms with Gasteiger partial charge < -0.3 is 19.7 Å². The van der Waals surface area contributed by atoms with Crippen LogP contribution in [-0.2, 0) is 14.3 Å². The molecule has 1 heterocycles. The summed E-state index contributed by atoms with van der Waals surface area (Å²) in [5, 5.41) is 19.3. The quantitative estimate of drug-likeness (QED) is 0.693. The van der Waals surface area contributed by atoms with E-state index in [4.69, 9.17) is 9.47 Å². The summed E-state index contributed by atoms with van der Waals surface area (Å²) < 4.78 is 10.5. The van der Waals surface area contributed by atoms with Crippen LogP contribution in [0.5, 0.6) is 0 Å². The monoisotopic (exact) mass is 260 g/mol. The van der Waals surface area contributed by atoms with Gasteiger partial charge in [-0.25, -0.2) is 4.79 Å². The number of hydrogen-bond acceptors (Lipinski definition) is 5. The van der Waals surface area contributed by atoms with Crippen LogP contribution in [0.4, 0.5) is 0 Å². The van der Waals surface area contributed by atoms with Crippen molar-refractivity contribution in [2.75, 3.05) is 13.2 Å². The third-order valence-electron chi connectivity index (χ3n) is 3.41. The van der Waals surface area contributed by atoms with Crippen LogP contribution in [0.3, 0.4) is 0 Å². The number of carbonyl (C=O) groups excluding carboxylic acids is 1. The van der Waals surface area contributed by atoms with Gasteiger partial charge in [0, 0.05) is 6.42 Å². The molecule has 1 fully saturated rings. The summed E-state index contributed by atoms with van der Waals surface area (Å²) in [4.78, 5) is 11.0. The fourth-order valence-electron chi connectivity index (χ4n) is 1.97. The minimum atomic E-state index is -1.13. The Hall–Kier alpha value is -0.650. The molecule has 1 aliphatic heterocycles. The average molecular weight is 260 g/mol. The Morgan fingerprint density at radius 1 is 1.61 bits per heavy atom. The minimum absolute atomic E-state index is 0.124. The third-order valence-corrected chi connectivity index (χ3v) is 3.41. The summed E-state index contributed by atoms with van der Waals surface area (Å²) >= 11 is 0. The Kier molecular flexibility index (Phi) is 5.56. The van der Waals surface area contributed by atoms with E-state index in [0.29, 0.717) is 12.3 Å². The molecule has 5 nitrogen and oxygen atoms in total. The molecule has 0 aromatic carbocycles. The van der Waals surface area contributed by atoms with E-state index in [2.05, 4.69) is 13.8 Å². The molecule has 1 aliphatic rings. The molecule has 0 bridgehead atoms.